The van der Waals surface area contributed by atoms with Crippen molar-refractivity contribution in [3.8, 4) is 0 Å². The molecular weight excluding hydrogens is 332 g/mol. The predicted octanol–water partition coefficient (Wildman–Crippen LogP) is 4.16. The third-order valence-electron chi connectivity index (χ3n) is 4.72. The van der Waals surface area contributed by atoms with Gasteiger partial charge in [-0.3, -0.25) is 9.59 Å². The molecule has 1 heterocycles. The van der Waals surface area contributed by atoms with Gasteiger partial charge in [-0.25, -0.2) is 4.98 Å². The number of esters is 1. The topological polar surface area (TPSA) is 72.6 Å². The second-order valence-corrected chi connectivity index (χ2v) is 8.49. The first kappa shape index (κ1) is 20.5. The summed E-state index contributed by atoms with van der Waals surface area (Å²) in [5.74, 6) is 0.659. The van der Waals surface area contributed by atoms with Crippen molar-refractivity contribution in [2.75, 3.05) is 14.1 Å². The molecule has 1 aliphatic carbocycles. The number of rotatable bonds is 8. The second kappa shape index (κ2) is 8.69. The van der Waals surface area contributed by atoms with Crippen LogP contribution in [-0.4, -0.2) is 41.5 Å². The van der Waals surface area contributed by atoms with Crippen molar-refractivity contribution in [3.63, 3.8) is 0 Å². The molecule has 0 saturated heterocycles. The standard InChI is InChI=1S/C20H32N2O4/c1-20(2,3)26-17(23)12-15(11-7-10-14-8-6-9-14)18-21-16(13-25-18)19(24)22(4)5/h13-15H,6-12H2,1-5H3. The van der Waals surface area contributed by atoms with E-state index in [9.17, 15) is 9.59 Å². The van der Waals surface area contributed by atoms with Gasteiger partial charge in [0.25, 0.3) is 5.91 Å². The van der Waals surface area contributed by atoms with Gasteiger partial charge in [0.1, 0.15) is 11.9 Å². The van der Waals surface area contributed by atoms with E-state index in [2.05, 4.69) is 4.98 Å². The van der Waals surface area contributed by atoms with E-state index >= 15 is 0 Å². The van der Waals surface area contributed by atoms with E-state index in [1.165, 1.54) is 36.8 Å². The maximum absolute atomic E-state index is 12.3. The Morgan fingerprint density at radius 1 is 1.35 bits per heavy atom. The maximum atomic E-state index is 12.3. The van der Waals surface area contributed by atoms with E-state index < -0.39 is 5.60 Å². The molecule has 0 N–H and O–H groups in total. The summed E-state index contributed by atoms with van der Waals surface area (Å²) in [5, 5.41) is 0. The Morgan fingerprint density at radius 2 is 2.04 bits per heavy atom. The third kappa shape index (κ3) is 6.15. The number of ether oxygens (including phenoxy) is 1. The Labute approximate surface area is 156 Å². The van der Waals surface area contributed by atoms with Crippen LogP contribution < -0.4 is 0 Å². The fraction of sp³-hybridized carbons (Fsp3) is 0.750. The monoisotopic (exact) mass is 364 g/mol. The van der Waals surface area contributed by atoms with Crippen LogP contribution in [0.4, 0.5) is 0 Å². The minimum atomic E-state index is -0.518. The smallest absolute Gasteiger partial charge is 0.307 e. The van der Waals surface area contributed by atoms with Gasteiger partial charge in [-0.2, -0.15) is 0 Å². The molecule has 1 saturated carbocycles. The predicted molar refractivity (Wildman–Crippen MR) is 98.9 cm³/mol. The zero-order valence-electron chi connectivity index (χ0n) is 16.7. The average molecular weight is 364 g/mol. The molecule has 0 aromatic carbocycles. The van der Waals surface area contributed by atoms with Crippen LogP contribution in [0.2, 0.25) is 0 Å². The Hall–Kier alpha value is -1.85. The van der Waals surface area contributed by atoms with Crippen molar-refractivity contribution in [3.05, 3.63) is 17.8 Å². The lowest BCUT2D eigenvalue weighted by atomic mass is 9.81. The molecule has 0 bridgehead atoms. The number of carbonyl (C=O) groups is 2. The van der Waals surface area contributed by atoms with Crippen molar-refractivity contribution in [1.82, 2.24) is 9.88 Å². The summed E-state index contributed by atoms with van der Waals surface area (Å²) in [6.07, 6.45) is 8.58. The van der Waals surface area contributed by atoms with Crippen LogP contribution >= 0.6 is 0 Å². The lowest BCUT2D eigenvalue weighted by Crippen LogP contribution is -2.25. The lowest BCUT2D eigenvalue weighted by Gasteiger charge is -2.26. The van der Waals surface area contributed by atoms with Crippen LogP contribution in [-0.2, 0) is 9.53 Å². The summed E-state index contributed by atoms with van der Waals surface area (Å²) in [5.41, 5.74) is -0.242. The average Bonchev–Trinajstić information content (AvgIpc) is 2.95. The fourth-order valence-corrected chi connectivity index (χ4v) is 3.13. The SMILES string of the molecule is CN(C)C(=O)c1coc(C(CCCC2CCC2)CC(=O)OC(C)(C)C)n1. The normalized spacial score (nSPS) is 16.0. The quantitative estimate of drug-likeness (QED) is 0.648. The van der Waals surface area contributed by atoms with Gasteiger partial charge in [0.2, 0.25) is 0 Å². The number of nitrogens with zero attached hydrogens (tertiary/aromatic N) is 2. The van der Waals surface area contributed by atoms with Gasteiger partial charge < -0.3 is 14.1 Å². The molecule has 1 aromatic heterocycles. The van der Waals surface area contributed by atoms with Gasteiger partial charge in [0.15, 0.2) is 11.6 Å². The molecule has 146 valence electrons. The highest BCUT2D eigenvalue weighted by Crippen LogP contribution is 2.33. The van der Waals surface area contributed by atoms with Crippen molar-refractivity contribution in [2.45, 2.75) is 77.2 Å². The minimum absolute atomic E-state index is 0.159. The highest BCUT2D eigenvalue weighted by Gasteiger charge is 2.27. The molecule has 1 unspecified atom stereocenters. The number of hydrogen-bond acceptors (Lipinski definition) is 5. The first-order chi connectivity index (χ1) is 12.2. The van der Waals surface area contributed by atoms with Gasteiger partial charge in [-0.05, 0) is 33.1 Å². The van der Waals surface area contributed by atoms with Crippen LogP contribution in [0, 0.1) is 5.92 Å². The first-order valence-electron chi connectivity index (χ1n) is 9.54. The van der Waals surface area contributed by atoms with Gasteiger partial charge in [-0.15, -0.1) is 0 Å². The highest BCUT2D eigenvalue weighted by molar-refractivity contribution is 5.91. The molecule has 1 aliphatic rings. The molecule has 0 aliphatic heterocycles. The molecular formula is C20H32N2O4. The Morgan fingerprint density at radius 3 is 2.58 bits per heavy atom. The number of amides is 1. The summed E-state index contributed by atoms with van der Waals surface area (Å²) >= 11 is 0. The van der Waals surface area contributed by atoms with Crippen LogP contribution in [0.3, 0.4) is 0 Å². The molecule has 2 rings (SSSR count). The zero-order chi connectivity index (χ0) is 19.3. The molecule has 6 nitrogen and oxygen atoms in total. The van der Waals surface area contributed by atoms with Gasteiger partial charge in [-0.1, -0.05) is 32.1 Å². The summed E-state index contributed by atoms with van der Waals surface area (Å²) in [6, 6.07) is 0. The van der Waals surface area contributed by atoms with E-state index in [-0.39, 0.29) is 29.9 Å². The zero-order valence-corrected chi connectivity index (χ0v) is 16.7. The fourth-order valence-electron chi connectivity index (χ4n) is 3.13. The van der Waals surface area contributed by atoms with Crippen LogP contribution in [0.5, 0.6) is 0 Å². The van der Waals surface area contributed by atoms with Crippen molar-refractivity contribution < 1.29 is 18.7 Å². The van der Waals surface area contributed by atoms with E-state index in [1.54, 1.807) is 14.1 Å². The third-order valence-corrected chi connectivity index (χ3v) is 4.72. The molecule has 1 amide bonds. The van der Waals surface area contributed by atoms with Crippen molar-refractivity contribution in [2.24, 2.45) is 5.92 Å². The van der Waals surface area contributed by atoms with Crippen LogP contribution in [0.25, 0.3) is 0 Å². The molecule has 0 radical (unpaired) electrons. The van der Waals surface area contributed by atoms with Crippen molar-refractivity contribution in [1.29, 1.82) is 0 Å². The van der Waals surface area contributed by atoms with E-state index in [0.29, 0.717) is 5.89 Å². The highest BCUT2D eigenvalue weighted by atomic mass is 16.6. The number of hydrogen-bond donors (Lipinski definition) is 0. The van der Waals surface area contributed by atoms with Gasteiger partial charge >= 0.3 is 5.97 Å². The lowest BCUT2D eigenvalue weighted by molar-refractivity contribution is -0.155. The summed E-state index contributed by atoms with van der Waals surface area (Å²) in [4.78, 5) is 30.1. The molecule has 0 spiro atoms. The first-order valence-corrected chi connectivity index (χ1v) is 9.54. The Kier molecular flexibility index (Phi) is 6.84. The molecule has 26 heavy (non-hydrogen) atoms. The van der Waals surface area contributed by atoms with Crippen molar-refractivity contribution >= 4 is 11.9 Å². The summed E-state index contributed by atoms with van der Waals surface area (Å²) in [7, 11) is 3.35. The largest absolute Gasteiger partial charge is 0.460 e. The minimum Gasteiger partial charge on any atom is -0.460 e. The maximum Gasteiger partial charge on any atom is 0.307 e. The number of carbonyl (C=O) groups excluding carboxylic acids is 2. The molecule has 6 heteroatoms. The van der Waals surface area contributed by atoms with Gasteiger partial charge in [0.05, 0.1) is 6.42 Å². The van der Waals surface area contributed by atoms with Gasteiger partial charge in [0, 0.05) is 20.0 Å². The second-order valence-electron chi connectivity index (χ2n) is 8.49. The van der Waals surface area contributed by atoms with Crippen LogP contribution in [0.1, 0.15) is 88.0 Å². The molecule has 1 atom stereocenters. The Bertz CT molecular complexity index is 612. The van der Waals surface area contributed by atoms with Crippen LogP contribution in [0.15, 0.2) is 10.7 Å². The summed E-state index contributed by atoms with van der Waals surface area (Å²) in [6.45, 7) is 5.57. The number of aromatic nitrogens is 1. The molecule has 1 fully saturated rings. The molecule has 1 aromatic rings. The number of oxazole rings is 1. The van der Waals surface area contributed by atoms with E-state index in [4.69, 9.17) is 9.15 Å². The van der Waals surface area contributed by atoms with E-state index in [0.717, 1.165) is 18.8 Å². The Balaban J connectivity index is 2.03. The summed E-state index contributed by atoms with van der Waals surface area (Å²) < 4.78 is 11.0. The van der Waals surface area contributed by atoms with E-state index in [1.807, 2.05) is 20.8 Å².